The molecule has 1 N–H and O–H groups in total. The molecule has 4 rings (SSSR count). The molecule has 4 aromatic carbocycles. The van der Waals surface area contributed by atoms with Crippen molar-refractivity contribution in [3.8, 4) is 46.0 Å². The standard InChI is InChI=1S/C13H19NO5.C8H8I2O2.C8H8INO4.C8H10O2/c1-13(2,3)12(15)8-6-10(18-4)11(19-5)7-9(8)14(16)17;1-11-7-3-5(9)6(10)4-8(7)12-2;1-13-7-3-5(9)6(10(11)12)4-8(7)14-2;1-9-7-5-3-4-6-8(7)10-2/h6-7,12,15H,1-5H3;3-4H,1-2H3;3-4H,1-2H3;3-6H,1-2H3. The second kappa shape index (κ2) is 24.0. The summed E-state index contributed by atoms with van der Waals surface area (Å²) in [6.07, 6.45) is -0.979. The van der Waals surface area contributed by atoms with Gasteiger partial charge in [0.05, 0.1) is 94.1 Å². The summed E-state index contributed by atoms with van der Waals surface area (Å²) in [6, 6.07) is 17.1. The molecule has 0 bridgehead atoms. The first-order valence-electron chi connectivity index (χ1n) is 15.8. The highest BCUT2D eigenvalue weighted by Gasteiger charge is 2.32. The van der Waals surface area contributed by atoms with Crippen molar-refractivity contribution in [1.82, 2.24) is 0 Å². The van der Waals surface area contributed by atoms with Crippen molar-refractivity contribution in [2.24, 2.45) is 5.41 Å². The predicted molar refractivity (Wildman–Crippen MR) is 234 cm³/mol. The van der Waals surface area contributed by atoms with Gasteiger partial charge < -0.3 is 43.0 Å². The lowest BCUT2D eigenvalue weighted by Crippen LogP contribution is -2.19. The highest BCUT2D eigenvalue weighted by atomic mass is 127. The number of ether oxygens (including phenoxy) is 8. The van der Waals surface area contributed by atoms with Crippen molar-refractivity contribution in [1.29, 1.82) is 0 Å². The Morgan fingerprint density at radius 2 is 0.800 bits per heavy atom. The maximum atomic E-state index is 11.1. The van der Waals surface area contributed by atoms with Gasteiger partial charge in [0.1, 0.15) is 0 Å². The van der Waals surface area contributed by atoms with Crippen LogP contribution >= 0.6 is 67.8 Å². The summed E-state index contributed by atoms with van der Waals surface area (Å²) in [4.78, 5) is 20.7. The Bertz CT molecular complexity index is 1820. The first-order valence-corrected chi connectivity index (χ1v) is 19.0. The molecular formula is C37H45I3N2O13. The molecule has 0 amide bonds. The molecule has 1 atom stereocenters. The topological polar surface area (TPSA) is 180 Å². The van der Waals surface area contributed by atoms with Gasteiger partial charge in [-0.3, -0.25) is 20.2 Å². The molecule has 18 heteroatoms. The third-order valence-corrected chi connectivity index (χ3v) is 10.9. The highest BCUT2D eigenvalue weighted by molar-refractivity contribution is 14.1. The van der Waals surface area contributed by atoms with E-state index in [1.54, 1.807) is 55.3 Å². The van der Waals surface area contributed by atoms with Crippen molar-refractivity contribution >= 4 is 79.1 Å². The maximum absolute atomic E-state index is 11.1. The minimum atomic E-state index is -0.979. The Kier molecular flexibility index (Phi) is 21.5. The largest absolute Gasteiger partial charge is 0.493 e. The zero-order valence-electron chi connectivity index (χ0n) is 32.2. The van der Waals surface area contributed by atoms with E-state index in [0.29, 0.717) is 20.8 Å². The number of halogens is 3. The molecule has 0 spiro atoms. The summed E-state index contributed by atoms with van der Waals surface area (Å²) in [5.41, 5.74) is -0.469. The van der Waals surface area contributed by atoms with Gasteiger partial charge in [0.2, 0.25) is 0 Å². The monoisotopic (exact) mass is 1110 g/mol. The van der Waals surface area contributed by atoms with Crippen molar-refractivity contribution in [3.63, 3.8) is 0 Å². The Morgan fingerprint density at radius 1 is 0.509 bits per heavy atom. The fourth-order valence-electron chi connectivity index (χ4n) is 4.33. The third kappa shape index (κ3) is 14.7. The van der Waals surface area contributed by atoms with Crippen LogP contribution < -0.4 is 37.9 Å². The van der Waals surface area contributed by atoms with E-state index in [1.165, 1.54) is 53.8 Å². The molecule has 0 radical (unpaired) electrons. The number of aliphatic hydroxyl groups excluding tert-OH is 1. The molecule has 4 aromatic rings. The molecule has 0 heterocycles. The van der Waals surface area contributed by atoms with Crippen molar-refractivity contribution in [2.45, 2.75) is 26.9 Å². The number of para-hydroxylation sites is 2. The van der Waals surface area contributed by atoms with Crippen molar-refractivity contribution in [2.75, 3.05) is 56.9 Å². The van der Waals surface area contributed by atoms with E-state index < -0.39 is 21.4 Å². The van der Waals surface area contributed by atoms with Gasteiger partial charge in [-0.1, -0.05) is 32.9 Å². The van der Waals surface area contributed by atoms with Crippen LogP contribution in [0.4, 0.5) is 11.4 Å². The number of hydrogen-bond donors (Lipinski definition) is 1. The highest BCUT2D eigenvalue weighted by Crippen LogP contribution is 2.42. The van der Waals surface area contributed by atoms with Gasteiger partial charge in [-0.05, 0) is 104 Å². The summed E-state index contributed by atoms with van der Waals surface area (Å²) in [7, 11) is 12.3. The van der Waals surface area contributed by atoms with Crippen LogP contribution in [0, 0.1) is 36.4 Å². The Morgan fingerprint density at radius 3 is 1.11 bits per heavy atom. The average molecular weight is 1110 g/mol. The van der Waals surface area contributed by atoms with Crippen LogP contribution in [-0.2, 0) is 0 Å². The number of methoxy groups -OCH3 is 8. The lowest BCUT2D eigenvalue weighted by molar-refractivity contribution is -0.386. The van der Waals surface area contributed by atoms with E-state index in [0.717, 1.165) is 23.0 Å². The number of rotatable bonds is 11. The fourth-order valence-corrected chi connectivity index (χ4v) is 5.84. The van der Waals surface area contributed by atoms with E-state index in [4.69, 9.17) is 37.9 Å². The van der Waals surface area contributed by atoms with Crippen LogP contribution in [0.5, 0.6) is 46.0 Å². The zero-order chi connectivity index (χ0) is 42.0. The number of nitro benzene ring substituents is 2. The molecular weight excluding hydrogens is 1060 g/mol. The van der Waals surface area contributed by atoms with Crippen LogP contribution in [0.15, 0.2) is 60.7 Å². The minimum absolute atomic E-state index is 0.0169. The van der Waals surface area contributed by atoms with Crippen molar-refractivity contribution < 1.29 is 52.8 Å². The zero-order valence-corrected chi connectivity index (χ0v) is 38.7. The predicted octanol–water partition coefficient (Wildman–Crippen LogP) is 9.52. The molecule has 0 aromatic heterocycles. The van der Waals surface area contributed by atoms with E-state index in [1.807, 2.05) is 59.0 Å². The molecule has 0 saturated carbocycles. The molecule has 0 aliphatic carbocycles. The second-order valence-electron chi connectivity index (χ2n) is 11.7. The van der Waals surface area contributed by atoms with Gasteiger partial charge in [0.25, 0.3) is 11.4 Å². The van der Waals surface area contributed by atoms with E-state index in [-0.39, 0.29) is 22.7 Å². The molecule has 0 aliphatic heterocycles. The number of benzene rings is 4. The smallest absolute Gasteiger partial charge is 0.286 e. The molecule has 302 valence electrons. The summed E-state index contributed by atoms with van der Waals surface area (Å²) in [6.45, 7) is 5.41. The summed E-state index contributed by atoms with van der Waals surface area (Å²) in [5.74, 6) is 4.56. The maximum Gasteiger partial charge on any atom is 0.286 e. The first kappa shape index (κ1) is 49.2. The Labute approximate surface area is 361 Å². The number of nitro groups is 2. The van der Waals surface area contributed by atoms with Crippen LogP contribution in [-0.4, -0.2) is 71.8 Å². The number of aliphatic hydroxyl groups is 1. The van der Waals surface area contributed by atoms with E-state index >= 15 is 0 Å². The third-order valence-electron chi connectivity index (χ3n) is 7.21. The van der Waals surface area contributed by atoms with Gasteiger partial charge in [-0.15, -0.1) is 0 Å². The second-order valence-corrected chi connectivity index (χ2v) is 15.2. The molecule has 55 heavy (non-hydrogen) atoms. The Balaban J connectivity index is 0.000000377. The molecule has 0 fully saturated rings. The van der Waals surface area contributed by atoms with Gasteiger partial charge in [-0.25, -0.2) is 0 Å². The van der Waals surface area contributed by atoms with Crippen molar-refractivity contribution in [3.05, 3.63) is 97.2 Å². The van der Waals surface area contributed by atoms with Crippen LogP contribution in [0.25, 0.3) is 0 Å². The first-order chi connectivity index (χ1) is 25.9. The van der Waals surface area contributed by atoms with Gasteiger partial charge >= 0.3 is 0 Å². The molecule has 15 nitrogen and oxygen atoms in total. The van der Waals surface area contributed by atoms with Gasteiger partial charge in [0, 0.05) is 13.2 Å². The molecule has 1 unspecified atom stereocenters. The summed E-state index contributed by atoms with van der Waals surface area (Å²) >= 11 is 6.41. The number of nitrogens with zero attached hydrogens (tertiary/aromatic N) is 2. The molecule has 0 saturated heterocycles. The van der Waals surface area contributed by atoms with E-state index in [9.17, 15) is 25.3 Å². The lowest BCUT2D eigenvalue weighted by atomic mass is 9.84. The minimum Gasteiger partial charge on any atom is -0.493 e. The average Bonchev–Trinajstić information content (AvgIpc) is 3.17. The summed E-state index contributed by atoms with van der Waals surface area (Å²) in [5, 5.41) is 32.0. The number of hydrogen-bond acceptors (Lipinski definition) is 13. The molecule has 0 aliphatic rings. The fraction of sp³-hybridized carbons (Fsp3) is 0.351. The van der Waals surface area contributed by atoms with E-state index in [2.05, 4.69) is 45.2 Å². The van der Waals surface area contributed by atoms with Crippen LogP contribution in [0.1, 0.15) is 32.4 Å². The SMILES string of the molecule is COc1cc(C(O)C(C)(C)C)c([N+](=O)[O-])cc1OC.COc1cc(I)c(I)cc1OC.COc1cc(I)c([N+](=O)[O-])cc1OC.COc1ccccc1OC. The van der Waals surface area contributed by atoms with Crippen LogP contribution in [0.2, 0.25) is 0 Å². The van der Waals surface area contributed by atoms with Crippen LogP contribution in [0.3, 0.4) is 0 Å². The van der Waals surface area contributed by atoms with Gasteiger partial charge in [0.15, 0.2) is 46.0 Å². The lowest BCUT2D eigenvalue weighted by Gasteiger charge is -2.26. The summed E-state index contributed by atoms with van der Waals surface area (Å²) < 4.78 is 43.3. The quantitative estimate of drug-likeness (QED) is 0.0853. The Hall–Kier alpha value is -3.77. The van der Waals surface area contributed by atoms with Gasteiger partial charge in [-0.2, -0.15) is 0 Å². The normalized spacial score (nSPS) is 10.7.